The molecule has 1 aromatic rings. The zero-order valence-electron chi connectivity index (χ0n) is 24.8. The Labute approximate surface area is 239 Å². The minimum absolute atomic E-state index is 0.0102. The molecule has 0 unspecified atom stereocenters. The van der Waals surface area contributed by atoms with Gasteiger partial charge in [-0.3, -0.25) is 4.79 Å². The van der Waals surface area contributed by atoms with Crippen molar-refractivity contribution < 1.29 is 34.4 Å². The first-order valence-corrected chi connectivity index (χ1v) is 14.6. The zero-order valence-corrected chi connectivity index (χ0v) is 24.8. The summed E-state index contributed by atoms with van der Waals surface area (Å²) in [6.45, 7) is 8.30. The molecule has 0 radical (unpaired) electrons. The summed E-state index contributed by atoms with van der Waals surface area (Å²) in [6.07, 6.45) is 11.0. The van der Waals surface area contributed by atoms with Crippen molar-refractivity contribution in [3.63, 3.8) is 0 Å². The van der Waals surface area contributed by atoms with Gasteiger partial charge in [-0.2, -0.15) is 0 Å². The van der Waals surface area contributed by atoms with E-state index in [0.717, 1.165) is 19.3 Å². The van der Waals surface area contributed by atoms with Crippen LogP contribution in [0.4, 0.5) is 0 Å². The first-order chi connectivity index (χ1) is 19.1. The van der Waals surface area contributed by atoms with Crippen LogP contribution >= 0.6 is 0 Å². The number of carbonyl (C=O) groups is 2. The fourth-order valence-electron chi connectivity index (χ4n) is 4.93. The van der Waals surface area contributed by atoms with Crippen LogP contribution in [-0.4, -0.2) is 59.2 Å². The van der Waals surface area contributed by atoms with Gasteiger partial charge in [0.2, 0.25) is 5.91 Å². The molecule has 0 aromatic heterocycles. The third kappa shape index (κ3) is 10.3. The van der Waals surface area contributed by atoms with Crippen LogP contribution in [0.2, 0.25) is 0 Å². The summed E-state index contributed by atoms with van der Waals surface area (Å²) in [5.41, 5.74) is 0.463. The minimum atomic E-state index is -0.753. The molecule has 1 amide bonds. The van der Waals surface area contributed by atoms with Crippen LogP contribution in [-0.2, 0) is 16.0 Å². The number of methoxy groups -OCH3 is 1. The van der Waals surface area contributed by atoms with Crippen molar-refractivity contribution in [3.05, 3.63) is 47.6 Å². The summed E-state index contributed by atoms with van der Waals surface area (Å²) in [5, 5.41) is 35.5. The van der Waals surface area contributed by atoms with Crippen LogP contribution in [0.1, 0.15) is 88.6 Å². The van der Waals surface area contributed by atoms with Crippen LogP contribution < -0.4 is 10.1 Å². The first-order valence-electron chi connectivity index (χ1n) is 14.6. The molecule has 8 heteroatoms. The maximum atomic E-state index is 13.4. The highest BCUT2D eigenvalue weighted by Gasteiger charge is 2.32. The second kappa shape index (κ2) is 17.1. The van der Waals surface area contributed by atoms with E-state index >= 15 is 0 Å². The summed E-state index contributed by atoms with van der Waals surface area (Å²) in [6, 6.07) is 3.00. The van der Waals surface area contributed by atoms with E-state index in [-0.39, 0.29) is 41.4 Å². The third-order valence-electron chi connectivity index (χ3n) is 7.81. The van der Waals surface area contributed by atoms with E-state index in [2.05, 4.69) is 12.2 Å². The third-order valence-corrected chi connectivity index (χ3v) is 7.81. The van der Waals surface area contributed by atoms with Crippen molar-refractivity contribution in [1.82, 2.24) is 5.32 Å². The number of allylic oxidation sites excluding steroid dienone is 2. The van der Waals surface area contributed by atoms with E-state index in [4.69, 9.17) is 9.47 Å². The molecular formula is C32H49NO7. The van der Waals surface area contributed by atoms with Gasteiger partial charge in [0, 0.05) is 31.4 Å². The fourth-order valence-corrected chi connectivity index (χ4v) is 4.93. The average molecular weight is 560 g/mol. The van der Waals surface area contributed by atoms with Gasteiger partial charge in [0.1, 0.15) is 23.2 Å². The minimum Gasteiger partial charge on any atom is -0.507 e. The molecule has 40 heavy (non-hydrogen) atoms. The first kappa shape index (κ1) is 33.4. The fraction of sp³-hybridized carbons (Fsp3) is 0.625. The van der Waals surface area contributed by atoms with Crippen molar-refractivity contribution in [2.24, 2.45) is 17.8 Å². The van der Waals surface area contributed by atoms with E-state index in [1.807, 2.05) is 45.1 Å². The number of aliphatic hydroxyl groups is 2. The Morgan fingerprint density at radius 3 is 2.62 bits per heavy atom. The number of hydrogen-bond donors (Lipinski definition) is 4. The van der Waals surface area contributed by atoms with E-state index in [0.29, 0.717) is 43.5 Å². The quantitative estimate of drug-likeness (QED) is 0.160. The van der Waals surface area contributed by atoms with Crippen molar-refractivity contribution in [3.8, 4) is 11.5 Å². The maximum Gasteiger partial charge on any atom is 0.342 e. The highest BCUT2D eigenvalue weighted by Crippen LogP contribution is 2.33. The summed E-state index contributed by atoms with van der Waals surface area (Å²) in [4.78, 5) is 25.2. The van der Waals surface area contributed by atoms with Crippen LogP contribution in [0.5, 0.6) is 11.5 Å². The number of aliphatic hydroxyl groups excluding tert-OH is 2. The van der Waals surface area contributed by atoms with Gasteiger partial charge in [-0.1, -0.05) is 64.8 Å². The van der Waals surface area contributed by atoms with E-state index in [1.54, 1.807) is 6.07 Å². The number of hydrogen-bond acceptors (Lipinski definition) is 7. The molecule has 2 rings (SSSR count). The average Bonchev–Trinajstić information content (AvgIpc) is 2.92. The topological polar surface area (TPSA) is 125 Å². The lowest BCUT2D eigenvalue weighted by Gasteiger charge is -2.31. The highest BCUT2D eigenvalue weighted by molar-refractivity contribution is 5.94. The SMILES string of the molecule is CCCCCC(=O)NC/C=C\C[C@@H](C)[C@@H](O)[C@H](C)[C@@H]1C/C=C\C[C@H](C)[C@H](O)Cc2cc(OC)cc(O)c2C(=O)O1. The van der Waals surface area contributed by atoms with Gasteiger partial charge in [0.15, 0.2) is 0 Å². The Bertz CT molecular complexity index is 1010. The zero-order chi connectivity index (χ0) is 29.7. The number of ether oxygens (including phenoxy) is 2. The van der Waals surface area contributed by atoms with Gasteiger partial charge in [0.05, 0.1) is 19.3 Å². The van der Waals surface area contributed by atoms with Gasteiger partial charge in [-0.25, -0.2) is 4.79 Å². The van der Waals surface area contributed by atoms with Crippen LogP contribution in [0.3, 0.4) is 0 Å². The van der Waals surface area contributed by atoms with Crippen molar-refractivity contribution in [1.29, 1.82) is 0 Å². The maximum absolute atomic E-state index is 13.4. The number of amides is 1. The van der Waals surface area contributed by atoms with E-state index < -0.39 is 24.3 Å². The normalized spacial score (nSPS) is 23.2. The molecule has 0 saturated carbocycles. The Kier molecular flexibility index (Phi) is 14.2. The van der Waals surface area contributed by atoms with Gasteiger partial charge < -0.3 is 30.1 Å². The number of esters is 1. The Morgan fingerprint density at radius 2 is 1.93 bits per heavy atom. The summed E-state index contributed by atoms with van der Waals surface area (Å²) < 4.78 is 11.2. The lowest BCUT2D eigenvalue weighted by molar-refractivity contribution is -0.121. The number of nitrogens with one attached hydrogen (secondary N) is 1. The molecule has 0 saturated heterocycles. The van der Waals surface area contributed by atoms with Gasteiger partial charge in [-0.15, -0.1) is 0 Å². The molecule has 1 heterocycles. The number of aromatic hydroxyl groups is 1. The second-order valence-corrected chi connectivity index (χ2v) is 11.1. The molecule has 6 atom stereocenters. The number of phenols is 1. The second-order valence-electron chi connectivity index (χ2n) is 11.1. The van der Waals surface area contributed by atoms with Crippen molar-refractivity contribution >= 4 is 11.9 Å². The number of rotatable bonds is 12. The summed E-state index contributed by atoms with van der Waals surface area (Å²) in [7, 11) is 1.47. The largest absolute Gasteiger partial charge is 0.507 e. The molecule has 1 aliphatic rings. The molecule has 0 bridgehead atoms. The van der Waals surface area contributed by atoms with Crippen LogP contribution in [0, 0.1) is 17.8 Å². The predicted molar refractivity (Wildman–Crippen MR) is 156 cm³/mol. The smallest absolute Gasteiger partial charge is 0.342 e. The molecular weight excluding hydrogens is 510 g/mol. The molecule has 224 valence electrons. The molecule has 1 aliphatic heterocycles. The van der Waals surface area contributed by atoms with Crippen LogP contribution in [0.25, 0.3) is 0 Å². The molecule has 1 aromatic carbocycles. The highest BCUT2D eigenvalue weighted by atomic mass is 16.5. The Hall–Kier alpha value is -2.84. The van der Waals surface area contributed by atoms with E-state index in [9.17, 15) is 24.9 Å². The number of unbranched alkanes of at least 4 members (excludes halogenated alkanes) is 2. The summed E-state index contributed by atoms with van der Waals surface area (Å²) in [5.74, 6) is -1.10. The number of benzene rings is 1. The molecule has 4 N–H and O–H groups in total. The van der Waals surface area contributed by atoms with Crippen molar-refractivity contribution in [2.75, 3.05) is 13.7 Å². The molecule has 8 nitrogen and oxygen atoms in total. The predicted octanol–water partition coefficient (Wildman–Crippen LogP) is 5.09. The molecule has 0 fully saturated rings. The Morgan fingerprint density at radius 1 is 1.20 bits per heavy atom. The monoisotopic (exact) mass is 559 g/mol. The van der Waals surface area contributed by atoms with Crippen molar-refractivity contribution in [2.45, 2.75) is 97.4 Å². The summed E-state index contributed by atoms with van der Waals surface area (Å²) >= 11 is 0. The van der Waals surface area contributed by atoms with Gasteiger partial charge >= 0.3 is 5.97 Å². The molecule has 0 aliphatic carbocycles. The number of fused-ring (bicyclic) bond motifs is 1. The number of cyclic esters (lactones) is 1. The molecule has 0 spiro atoms. The van der Waals surface area contributed by atoms with E-state index in [1.165, 1.54) is 13.2 Å². The van der Waals surface area contributed by atoms with Gasteiger partial charge in [-0.05, 0) is 49.1 Å². The van der Waals surface area contributed by atoms with Gasteiger partial charge in [0.25, 0.3) is 0 Å². The standard InChI is InChI=1S/C32H49NO7/c1-6-7-8-16-29(36)33-17-12-11-14-22(3)31(37)23(4)28-15-10-9-13-21(2)26(34)19-24-18-25(39-5)20-27(35)30(24)32(38)40-28/h9-12,18,20-23,26,28,31,34-35,37H,6-8,13-17,19H2,1-5H3,(H,33,36)/b10-9-,12-11-/t21-,22+,23+,26+,28-,31+/m0/s1. The lowest BCUT2D eigenvalue weighted by Crippen LogP contribution is -2.37. The Balaban J connectivity index is 2.11. The number of carbonyl (C=O) groups excluding carboxylic acids is 2. The number of phenolic OH excluding ortho intramolecular Hbond substituents is 1. The van der Waals surface area contributed by atoms with Crippen LogP contribution in [0.15, 0.2) is 36.4 Å². The lowest BCUT2D eigenvalue weighted by atomic mass is 9.85.